The minimum absolute atomic E-state index is 0.235. The summed E-state index contributed by atoms with van der Waals surface area (Å²) in [6, 6.07) is 7.51. The van der Waals surface area contributed by atoms with Crippen molar-refractivity contribution in [2.24, 2.45) is 5.92 Å². The van der Waals surface area contributed by atoms with Crippen LogP contribution in [0.5, 0.6) is 0 Å². The Morgan fingerprint density at radius 3 is 2.86 bits per heavy atom. The highest BCUT2D eigenvalue weighted by atomic mass is 35.5. The molecule has 144 valence electrons. The highest BCUT2D eigenvalue weighted by Crippen LogP contribution is 2.35. The largest absolute Gasteiger partial charge is 0.354 e. The van der Waals surface area contributed by atoms with Gasteiger partial charge in [0.15, 0.2) is 5.65 Å². The van der Waals surface area contributed by atoms with Crippen molar-refractivity contribution in [3.8, 4) is 17.3 Å². The molecular weight excluding hydrogens is 393 g/mol. The zero-order valence-corrected chi connectivity index (χ0v) is 17.1. The SMILES string of the molecule is CCc1nc2c(-c3ccc(Cl)cc3Cl)nccn2c1NC(C#N)CCC1CC1. The van der Waals surface area contributed by atoms with Crippen LogP contribution >= 0.6 is 23.2 Å². The Hall–Kier alpha value is -2.29. The van der Waals surface area contributed by atoms with Crippen molar-refractivity contribution < 1.29 is 0 Å². The second kappa shape index (κ2) is 7.98. The summed E-state index contributed by atoms with van der Waals surface area (Å²) < 4.78 is 1.97. The summed E-state index contributed by atoms with van der Waals surface area (Å²) >= 11 is 12.4. The predicted molar refractivity (Wildman–Crippen MR) is 113 cm³/mol. The van der Waals surface area contributed by atoms with Crippen LogP contribution in [0.15, 0.2) is 30.6 Å². The molecule has 0 bridgehead atoms. The molecule has 1 fully saturated rings. The minimum atomic E-state index is -0.235. The van der Waals surface area contributed by atoms with Gasteiger partial charge in [0, 0.05) is 23.0 Å². The van der Waals surface area contributed by atoms with E-state index in [0.29, 0.717) is 21.4 Å². The Balaban J connectivity index is 1.74. The number of nitrogens with one attached hydrogen (secondary N) is 1. The Labute approximate surface area is 174 Å². The zero-order valence-electron chi connectivity index (χ0n) is 15.6. The average Bonchev–Trinajstić information content (AvgIpc) is 3.45. The third-order valence-corrected chi connectivity index (χ3v) is 5.71. The molecule has 3 aromatic rings. The molecule has 1 unspecified atom stereocenters. The molecule has 0 aliphatic heterocycles. The number of aromatic nitrogens is 3. The number of fused-ring (bicyclic) bond motifs is 1. The van der Waals surface area contributed by atoms with Gasteiger partial charge in [0.1, 0.15) is 17.6 Å². The Bertz CT molecular complexity index is 1050. The van der Waals surface area contributed by atoms with Crippen molar-refractivity contribution in [3.05, 3.63) is 46.3 Å². The van der Waals surface area contributed by atoms with Gasteiger partial charge in [0.25, 0.3) is 0 Å². The lowest BCUT2D eigenvalue weighted by Gasteiger charge is -2.14. The fraction of sp³-hybridized carbons (Fsp3) is 0.381. The van der Waals surface area contributed by atoms with Crippen molar-refractivity contribution in [1.29, 1.82) is 5.26 Å². The van der Waals surface area contributed by atoms with E-state index in [1.54, 1.807) is 18.3 Å². The van der Waals surface area contributed by atoms with Gasteiger partial charge in [0.05, 0.1) is 16.8 Å². The van der Waals surface area contributed by atoms with Crippen molar-refractivity contribution in [2.45, 2.75) is 45.1 Å². The first-order valence-electron chi connectivity index (χ1n) is 9.58. The summed E-state index contributed by atoms with van der Waals surface area (Å²) in [7, 11) is 0. The van der Waals surface area contributed by atoms with Gasteiger partial charge in [-0.3, -0.25) is 9.38 Å². The second-order valence-electron chi connectivity index (χ2n) is 7.20. The monoisotopic (exact) mass is 413 g/mol. The topological polar surface area (TPSA) is 66.0 Å². The molecule has 0 radical (unpaired) electrons. The number of imidazole rings is 1. The molecule has 4 rings (SSSR count). The van der Waals surface area contributed by atoms with Gasteiger partial charge in [0.2, 0.25) is 0 Å². The Morgan fingerprint density at radius 2 is 2.18 bits per heavy atom. The number of hydrogen-bond acceptors (Lipinski definition) is 4. The molecule has 1 aromatic carbocycles. The highest BCUT2D eigenvalue weighted by molar-refractivity contribution is 6.36. The summed E-state index contributed by atoms with van der Waals surface area (Å²) in [6.45, 7) is 2.06. The van der Waals surface area contributed by atoms with Gasteiger partial charge in [-0.25, -0.2) is 4.98 Å². The number of rotatable bonds is 7. The van der Waals surface area contributed by atoms with E-state index < -0.39 is 0 Å². The van der Waals surface area contributed by atoms with Crippen molar-refractivity contribution in [3.63, 3.8) is 0 Å². The summed E-state index contributed by atoms with van der Waals surface area (Å²) in [4.78, 5) is 9.32. The maximum absolute atomic E-state index is 9.60. The quantitative estimate of drug-likeness (QED) is 0.534. The molecule has 2 heterocycles. The molecule has 1 aliphatic carbocycles. The molecule has 2 aromatic heterocycles. The van der Waals surface area contributed by atoms with Gasteiger partial charge in [-0.1, -0.05) is 43.0 Å². The fourth-order valence-electron chi connectivity index (χ4n) is 3.44. The van der Waals surface area contributed by atoms with Crippen LogP contribution in [0.3, 0.4) is 0 Å². The van der Waals surface area contributed by atoms with Crippen LogP contribution in [0.1, 0.15) is 38.3 Å². The summed E-state index contributed by atoms with van der Waals surface area (Å²) in [5, 5.41) is 14.1. The number of halogens is 2. The first-order valence-corrected chi connectivity index (χ1v) is 10.3. The molecule has 5 nitrogen and oxygen atoms in total. The molecular formula is C21H21Cl2N5. The van der Waals surface area contributed by atoms with E-state index in [2.05, 4.69) is 23.3 Å². The van der Waals surface area contributed by atoms with E-state index in [4.69, 9.17) is 28.2 Å². The van der Waals surface area contributed by atoms with E-state index >= 15 is 0 Å². The molecule has 1 N–H and O–H groups in total. The Morgan fingerprint density at radius 1 is 1.36 bits per heavy atom. The van der Waals surface area contributed by atoms with E-state index in [0.717, 1.165) is 42.3 Å². The molecule has 1 saturated carbocycles. The number of nitrogens with zero attached hydrogens (tertiary/aromatic N) is 4. The van der Waals surface area contributed by atoms with Crippen molar-refractivity contribution in [1.82, 2.24) is 14.4 Å². The number of anilines is 1. The zero-order chi connectivity index (χ0) is 19.7. The second-order valence-corrected chi connectivity index (χ2v) is 8.04. The molecule has 28 heavy (non-hydrogen) atoms. The number of nitriles is 1. The maximum atomic E-state index is 9.60. The summed E-state index contributed by atoms with van der Waals surface area (Å²) in [5.74, 6) is 1.65. The van der Waals surface area contributed by atoms with Crippen molar-refractivity contribution >= 4 is 34.7 Å². The predicted octanol–water partition coefficient (Wildman–Crippen LogP) is 5.76. The first-order chi connectivity index (χ1) is 13.6. The third kappa shape index (κ3) is 3.80. The normalized spacial score (nSPS) is 14.8. The van der Waals surface area contributed by atoms with Gasteiger partial charge in [-0.15, -0.1) is 0 Å². The molecule has 0 saturated heterocycles. The standard InChI is InChI=1S/C21H21Cl2N5/c1-2-18-20(26-15(12-24)7-5-13-3-4-13)28-10-9-25-19(21(28)27-18)16-8-6-14(22)11-17(16)23/h6,8-11,13,15,26H,2-5,7H2,1H3. The minimum Gasteiger partial charge on any atom is -0.354 e. The van der Waals surface area contributed by atoms with E-state index in [9.17, 15) is 5.26 Å². The van der Waals surface area contributed by atoms with Crippen LogP contribution in [0.4, 0.5) is 5.82 Å². The first kappa shape index (κ1) is 19.0. The molecule has 0 amide bonds. The van der Waals surface area contributed by atoms with Crippen LogP contribution in [0.25, 0.3) is 16.9 Å². The Kier molecular flexibility index (Phi) is 5.43. The lowest BCUT2D eigenvalue weighted by Crippen LogP contribution is -2.19. The lowest BCUT2D eigenvalue weighted by molar-refractivity contribution is 0.642. The third-order valence-electron chi connectivity index (χ3n) is 5.16. The van der Waals surface area contributed by atoms with E-state index in [-0.39, 0.29) is 6.04 Å². The highest BCUT2D eigenvalue weighted by Gasteiger charge is 2.24. The van der Waals surface area contributed by atoms with Crippen LogP contribution < -0.4 is 5.32 Å². The molecule has 7 heteroatoms. The number of aryl methyl sites for hydroxylation is 1. The van der Waals surface area contributed by atoms with Gasteiger partial charge in [-0.05, 0) is 43.4 Å². The van der Waals surface area contributed by atoms with Crippen LogP contribution in [-0.2, 0) is 6.42 Å². The summed E-state index contributed by atoms with van der Waals surface area (Å²) in [5.41, 5.74) is 3.09. The van der Waals surface area contributed by atoms with Gasteiger partial charge in [-0.2, -0.15) is 5.26 Å². The van der Waals surface area contributed by atoms with Crippen LogP contribution in [0.2, 0.25) is 10.0 Å². The maximum Gasteiger partial charge on any atom is 0.165 e. The lowest BCUT2D eigenvalue weighted by atomic mass is 10.1. The number of hydrogen-bond donors (Lipinski definition) is 1. The molecule has 1 atom stereocenters. The van der Waals surface area contributed by atoms with Crippen molar-refractivity contribution in [2.75, 3.05) is 5.32 Å². The molecule has 0 spiro atoms. The van der Waals surface area contributed by atoms with Crippen LogP contribution in [-0.4, -0.2) is 20.4 Å². The molecule has 1 aliphatic rings. The average molecular weight is 414 g/mol. The smallest absolute Gasteiger partial charge is 0.165 e. The summed E-state index contributed by atoms with van der Waals surface area (Å²) in [6.07, 6.45) is 8.88. The van der Waals surface area contributed by atoms with E-state index in [1.165, 1.54) is 12.8 Å². The van der Waals surface area contributed by atoms with E-state index in [1.807, 2.05) is 16.7 Å². The number of benzene rings is 1. The van der Waals surface area contributed by atoms with Crippen LogP contribution in [0, 0.1) is 17.2 Å². The van der Waals surface area contributed by atoms with Gasteiger partial charge < -0.3 is 5.32 Å². The van der Waals surface area contributed by atoms with Gasteiger partial charge >= 0.3 is 0 Å². The fourth-order valence-corrected chi connectivity index (χ4v) is 3.94.